The molecule has 1 heteroatoms. The lowest BCUT2D eigenvalue weighted by Gasteiger charge is -2.42. The van der Waals surface area contributed by atoms with Gasteiger partial charge in [0.1, 0.15) is 0 Å². The van der Waals surface area contributed by atoms with Crippen molar-refractivity contribution in [3.63, 3.8) is 0 Å². The fraction of sp³-hybridized carbons (Fsp3) is 0.800. The number of allylic oxidation sites excluding steroid dienone is 2. The van der Waals surface area contributed by atoms with E-state index in [0.717, 1.165) is 12.8 Å². The van der Waals surface area contributed by atoms with Crippen molar-refractivity contribution in [2.45, 2.75) is 59.8 Å². The molecule has 2 rings (SSSR count). The SMILES string of the molecule is C[C@@H]1CCC([C@@]2(C)CCCC2(C)C)=CC1=O. The number of carbonyl (C=O) groups is 1. The summed E-state index contributed by atoms with van der Waals surface area (Å²) in [6.45, 7) is 9.15. The zero-order valence-corrected chi connectivity index (χ0v) is 11.1. The highest BCUT2D eigenvalue weighted by Crippen LogP contribution is 2.58. The highest BCUT2D eigenvalue weighted by atomic mass is 16.1. The first-order valence-corrected chi connectivity index (χ1v) is 6.62. The average molecular weight is 220 g/mol. The first-order valence-electron chi connectivity index (χ1n) is 6.62. The first-order chi connectivity index (χ1) is 7.37. The number of rotatable bonds is 1. The van der Waals surface area contributed by atoms with Crippen LogP contribution in [0.25, 0.3) is 0 Å². The fourth-order valence-corrected chi connectivity index (χ4v) is 3.43. The van der Waals surface area contributed by atoms with Crippen molar-refractivity contribution in [2.24, 2.45) is 16.7 Å². The Labute approximate surface area is 99.3 Å². The van der Waals surface area contributed by atoms with Gasteiger partial charge >= 0.3 is 0 Å². The van der Waals surface area contributed by atoms with Crippen LogP contribution in [0.4, 0.5) is 0 Å². The lowest BCUT2D eigenvalue weighted by molar-refractivity contribution is -0.118. The molecule has 2 atom stereocenters. The maximum absolute atomic E-state index is 11.8. The Balaban J connectivity index is 2.32. The summed E-state index contributed by atoms with van der Waals surface area (Å²) in [6.07, 6.45) is 8.02. The van der Waals surface area contributed by atoms with Crippen LogP contribution in [-0.4, -0.2) is 5.78 Å². The van der Waals surface area contributed by atoms with Crippen molar-refractivity contribution in [3.05, 3.63) is 11.6 Å². The third-order valence-electron chi connectivity index (χ3n) is 5.33. The summed E-state index contributed by atoms with van der Waals surface area (Å²) in [5, 5.41) is 0. The molecule has 0 N–H and O–H groups in total. The van der Waals surface area contributed by atoms with Gasteiger partial charge < -0.3 is 0 Å². The average Bonchev–Trinajstić information content (AvgIpc) is 2.47. The normalized spacial score (nSPS) is 38.6. The molecule has 2 aliphatic carbocycles. The number of ketones is 1. The zero-order valence-electron chi connectivity index (χ0n) is 11.1. The van der Waals surface area contributed by atoms with Crippen molar-refractivity contribution in [1.29, 1.82) is 0 Å². The number of carbonyl (C=O) groups excluding carboxylic acids is 1. The smallest absolute Gasteiger partial charge is 0.158 e. The largest absolute Gasteiger partial charge is 0.295 e. The molecule has 0 heterocycles. The number of hydrogen-bond donors (Lipinski definition) is 0. The van der Waals surface area contributed by atoms with Crippen molar-refractivity contribution >= 4 is 5.78 Å². The van der Waals surface area contributed by atoms with Gasteiger partial charge in [-0.1, -0.05) is 39.7 Å². The van der Waals surface area contributed by atoms with Crippen LogP contribution < -0.4 is 0 Å². The van der Waals surface area contributed by atoms with Gasteiger partial charge in [0.05, 0.1) is 0 Å². The lowest BCUT2D eigenvalue weighted by Crippen LogP contribution is -2.34. The molecule has 0 spiro atoms. The summed E-state index contributed by atoms with van der Waals surface area (Å²) < 4.78 is 0. The molecule has 0 bridgehead atoms. The van der Waals surface area contributed by atoms with E-state index in [4.69, 9.17) is 0 Å². The van der Waals surface area contributed by atoms with E-state index in [1.165, 1.54) is 24.8 Å². The Morgan fingerprint density at radius 2 is 1.94 bits per heavy atom. The Bertz CT molecular complexity index is 337. The molecule has 0 aromatic rings. The fourth-order valence-electron chi connectivity index (χ4n) is 3.43. The Hall–Kier alpha value is -0.590. The molecule has 0 aromatic heterocycles. The van der Waals surface area contributed by atoms with Gasteiger partial charge in [0.2, 0.25) is 0 Å². The second-order valence-corrected chi connectivity index (χ2v) is 6.58. The van der Waals surface area contributed by atoms with Gasteiger partial charge in [-0.25, -0.2) is 0 Å². The van der Waals surface area contributed by atoms with Gasteiger partial charge in [-0.3, -0.25) is 4.79 Å². The monoisotopic (exact) mass is 220 g/mol. The maximum Gasteiger partial charge on any atom is 0.158 e. The summed E-state index contributed by atoms with van der Waals surface area (Å²) in [4.78, 5) is 11.8. The molecule has 90 valence electrons. The van der Waals surface area contributed by atoms with E-state index in [1.807, 2.05) is 6.08 Å². The summed E-state index contributed by atoms with van der Waals surface area (Å²) in [6, 6.07) is 0. The zero-order chi connectivity index (χ0) is 12.0. The third kappa shape index (κ3) is 1.65. The summed E-state index contributed by atoms with van der Waals surface area (Å²) >= 11 is 0. The summed E-state index contributed by atoms with van der Waals surface area (Å²) in [5.74, 6) is 0.599. The van der Waals surface area contributed by atoms with Crippen molar-refractivity contribution in [1.82, 2.24) is 0 Å². The second kappa shape index (κ2) is 3.72. The Morgan fingerprint density at radius 3 is 2.44 bits per heavy atom. The summed E-state index contributed by atoms with van der Waals surface area (Å²) in [7, 11) is 0. The van der Waals surface area contributed by atoms with Gasteiger partial charge in [0, 0.05) is 5.92 Å². The van der Waals surface area contributed by atoms with E-state index in [2.05, 4.69) is 27.7 Å². The van der Waals surface area contributed by atoms with Crippen LogP contribution >= 0.6 is 0 Å². The van der Waals surface area contributed by atoms with Crippen LogP contribution in [0.5, 0.6) is 0 Å². The van der Waals surface area contributed by atoms with Crippen molar-refractivity contribution in [2.75, 3.05) is 0 Å². The van der Waals surface area contributed by atoms with Crippen LogP contribution in [0, 0.1) is 16.7 Å². The minimum absolute atomic E-state index is 0.247. The predicted molar refractivity (Wildman–Crippen MR) is 67.2 cm³/mol. The molecule has 0 amide bonds. The topological polar surface area (TPSA) is 17.1 Å². The standard InChI is InChI=1S/C15H24O/c1-11-6-7-12(10-13(11)16)15(4)9-5-8-14(15,2)3/h10-11H,5-9H2,1-4H3/t11-,15-/m1/s1. The second-order valence-electron chi connectivity index (χ2n) is 6.58. The molecule has 1 nitrogen and oxygen atoms in total. The van der Waals surface area contributed by atoms with Crippen molar-refractivity contribution in [3.8, 4) is 0 Å². The van der Waals surface area contributed by atoms with E-state index in [-0.39, 0.29) is 11.3 Å². The molecule has 0 unspecified atom stereocenters. The van der Waals surface area contributed by atoms with Crippen LogP contribution in [0.3, 0.4) is 0 Å². The minimum atomic E-state index is 0.247. The van der Waals surface area contributed by atoms with E-state index >= 15 is 0 Å². The van der Waals surface area contributed by atoms with E-state index in [1.54, 1.807) is 0 Å². The molecule has 16 heavy (non-hydrogen) atoms. The van der Waals surface area contributed by atoms with Crippen LogP contribution in [0.15, 0.2) is 11.6 Å². The van der Waals surface area contributed by atoms with Crippen molar-refractivity contribution < 1.29 is 4.79 Å². The van der Waals surface area contributed by atoms with Gasteiger partial charge in [-0.15, -0.1) is 0 Å². The molecule has 0 radical (unpaired) electrons. The third-order valence-corrected chi connectivity index (χ3v) is 5.33. The van der Waals surface area contributed by atoms with Crippen LogP contribution in [-0.2, 0) is 4.79 Å². The van der Waals surface area contributed by atoms with Gasteiger partial charge in [-0.05, 0) is 42.6 Å². The molecule has 1 fully saturated rings. The van der Waals surface area contributed by atoms with E-state index < -0.39 is 0 Å². The first kappa shape index (κ1) is 11.9. The van der Waals surface area contributed by atoms with Gasteiger partial charge in [-0.2, -0.15) is 0 Å². The molecule has 0 aliphatic heterocycles. The molecule has 1 saturated carbocycles. The molecular weight excluding hydrogens is 196 g/mol. The molecular formula is C15H24O. The van der Waals surface area contributed by atoms with E-state index in [9.17, 15) is 4.79 Å². The molecule has 0 aromatic carbocycles. The Morgan fingerprint density at radius 1 is 1.25 bits per heavy atom. The quantitative estimate of drug-likeness (QED) is 0.649. The highest BCUT2D eigenvalue weighted by Gasteiger charge is 2.47. The highest BCUT2D eigenvalue weighted by molar-refractivity contribution is 5.93. The maximum atomic E-state index is 11.8. The van der Waals surface area contributed by atoms with E-state index in [0.29, 0.717) is 11.2 Å². The lowest BCUT2D eigenvalue weighted by atomic mass is 9.62. The minimum Gasteiger partial charge on any atom is -0.295 e. The van der Waals surface area contributed by atoms with Crippen LogP contribution in [0.2, 0.25) is 0 Å². The molecule has 2 aliphatic rings. The van der Waals surface area contributed by atoms with Crippen LogP contribution in [0.1, 0.15) is 59.8 Å². The predicted octanol–water partition coefficient (Wildman–Crippen LogP) is 4.13. The Kier molecular flexibility index (Phi) is 2.76. The molecule has 0 saturated heterocycles. The number of hydrogen-bond acceptors (Lipinski definition) is 1. The van der Waals surface area contributed by atoms with Gasteiger partial charge in [0.15, 0.2) is 5.78 Å². The summed E-state index contributed by atoms with van der Waals surface area (Å²) in [5.41, 5.74) is 2.06. The van der Waals surface area contributed by atoms with Gasteiger partial charge in [0.25, 0.3) is 0 Å².